The molecule has 1 aliphatic rings. The molecule has 8 heteroatoms. The van der Waals surface area contributed by atoms with E-state index in [1.807, 2.05) is 6.92 Å². The molecule has 0 radical (unpaired) electrons. The largest absolute Gasteiger partial charge is 0.444 e. The smallest absolute Gasteiger partial charge is 0.410 e. The van der Waals surface area contributed by atoms with E-state index < -0.39 is 24.3 Å². The number of hydrogen-bond acceptors (Lipinski definition) is 4. The van der Waals surface area contributed by atoms with Crippen molar-refractivity contribution in [3.05, 3.63) is 47.5 Å². The van der Waals surface area contributed by atoms with Crippen LogP contribution >= 0.6 is 0 Å². The van der Waals surface area contributed by atoms with Gasteiger partial charge in [0.05, 0.1) is 13.1 Å². The Morgan fingerprint density at radius 2 is 2.12 bits per heavy atom. The number of hydrogen-bond donors (Lipinski definition) is 0. The predicted molar refractivity (Wildman–Crippen MR) is 87.4 cm³/mol. The second-order valence-electron chi connectivity index (χ2n) is 6.07. The predicted octanol–water partition coefficient (Wildman–Crippen LogP) is 4.14. The van der Waals surface area contributed by atoms with Gasteiger partial charge in [0, 0.05) is 17.5 Å². The van der Waals surface area contributed by atoms with Crippen molar-refractivity contribution in [3.63, 3.8) is 0 Å². The van der Waals surface area contributed by atoms with Crippen molar-refractivity contribution >= 4 is 6.09 Å². The molecular weight excluding hydrogens is 349 g/mol. The number of halogens is 3. The Hall–Kier alpha value is -2.77. The molecule has 2 aromatic rings. The summed E-state index contributed by atoms with van der Waals surface area (Å²) in [7, 11) is 0. The van der Waals surface area contributed by atoms with Gasteiger partial charge in [-0.3, -0.25) is 4.98 Å². The molecular formula is C18H17F3N2O3. The average Bonchev–Trinajstić information content (AvgIpc) is 2.89. The lowest BCUT2D eigenvalue weighted by Crippen LogP contribution is -2.24. The van der Waals surface area contributed by atoms with E-state index in [1.165, 1.54) is 12.1 Å². The minimum absolute atomic E-state index is 0.176. The SMILES string of the molecule is Cc1ncc(-c2ccc(F)c(OC(F)F)c2)cc1CN1CC(C)OC1=O. The monoisotopic (exact) mass is 366 g/mol. The number of amides is 1. The van der Waals surface area contributed by atoms with Crippen LogP contribution in [0.1, 0.15) is 18.2 Å². The third-order valence-electron chi connectivity index (χ3n) is 4.07. The number of alkyl halides is 2. The lowest BCUT2D eigenvalue weighted by atomic mass is 10.0. The Morgan fingerprint density at radius 1 is 1.35 bits per heavy atom. The van der Waals surface area contributed by atoms with Crippen LogP contribution in [0.5, 0.6) is 5.75 Å². The molecule has 1 unspecified atom stereocenters. The van der Waals surface area contributed by atoms with Gasteiger partial charge in [0.1, 0.15) is 6.10 Å². The molecule has 1 saturated heterocycles. The minimum atomic E-state index is -3.12. The number of rotatable bonds is 5. The number of carbonyl (C=O) groups is 1. The fourth-order valence-electron chi connectivity index (χ4n) is 2.77. The van der Waals surface area contributed by atoms with Crippen LogP contribution in [0.3, 0.4) is 0 Å². The molecule has 138 valence electrons. The average molecular weight is 366 g/mol. The minimum Gasteiger partial charge on any atom is -0.444 e. The van der Waals surface area contributed by atoms with Gasteiger partial charge < -0.3 is 14.4 Å². The van der Waals surface area contributed by atoms with Crippen LogP contribution in [-0.4, -0.2) is 35.2 Å². The Kier molecular flexibility index (Phi) is 5.01. The van der Waals surface area contributed by atoms with Gasteiger partial charge in [-0.2, -0.15) is 8.78 Å². The Bertz CT molecular complexity index is 829. The summed E-state index contributed by atoms with van der Waals surface area (Å²) < 4.78 is 47.7. The van der Waals surface area contributed by atoms with Crippen molar-refractivity contribution in [1.82, 2.24) is 9.88 Å². The number of ether oxygens (including phenoxy) is 2. The number of aryl methyl sites for hydroxylation is 1. The fraction of sp³-hybridized carbons (Fsp3) is 0.333. The summed E-state index contributed by atoms with van der Waals surface area (Å²) in [6.07, 6.45) is 0.991. The van der Waals surface area contributed by atoms with Crippen LogP contribution in [0.15, 0.2) is 30.5 Å². The van der Waals surface area contributed by atoms with E-state index in [-0.39, 0.29) is 6.10 Å². The highest BCUT2D eigenvalue weighted by Gasteiger charge is 2.28. The third kappa shape index (κ3) is 3.89. The Labute approximate surface area is 148 Å². The molecule has 1 aliphatic heterocycles. The highest BCUT2D eigenvalue weighted by molar-refractivity contribution is 5.70. The molecule has 1 atom stereocenters. The lowest BCUT2D eigenvalue weighted by molar-refractivity contribution is -0.0521. The molecule has 1 amide bonds. The first kappa shape index (κ1) is 18.0. The summed E-state index contributed by atoms with van der Waals surface area (Å²) >= 11 is 0. The summed E-state index contributed by atoms with van der Waals surface area (Å²) in [6.45, 7) is 1.29. The number of nitrogens with zero attached hydrogens (tertiary/aromatic N) is 2. The van der Waals surface area contributed by atoms with Crippen molar-refractivity contribution in [2.24, 2.45) is 0 Å². The lowest BCUT2D eigenvalue weighted by Gasteiger charge is -2.15. The van der Waals surface area contributed by atoms with Gasteiger partial charge in [-0.05, 0) is 43.2 Å². The van der Waals surface area contributed by atoms with E-state index in [0.29, 0.717) is 24.2 Å². The van der Waals surface area contributed by atoms with Gasteiger partial charge in [-0.1, -0.05) is 6.07 Å². The van der Waals surface area contributed by atoms with Crippen molar-refractivity contribution in [2.45, 2.75) is 33.1 Å². The molecule has 0 aliphatic carbocycles. The fourth-order valence-corrected chi connectivity index (χ4v) is 2.77. The zero-order valence-corrected chi connectivity index (χ0v) is 14.2. The number of carbonyl (C=O) groups excluding carboxylic acids is 1. The summed E-state index contributed by atoms with van der Waals surface area (Å²) in [5.74, 6) is -1.40. The molecule has 3 rings (SSSR count). The van der Waals surface area contributed by atoms with E-state index in [4.69, 9.17) is 4.74 Å². The van der Waals surface area contributed by atoms with Gasteiger partial charge in [0.2, 0.25) is 0 Å². The summed E-state index contributed by atoms with van der Waals surface area (Å²) in [5, 5.41) is 0. The molecule has 1 aromatic heterocycles. The molecule has 5 nitrogen and oxygen atoms in total. The Morgan fingerprint density at radius 3 is 2.77 bits per heavy atom. The Balaban J connectivity index is 1.89. The highest BCUT2D eigenvalue weighted by Crippen LogP contribution is 2.29. The standard InChI is InChI=1S/C18H17F3N2O3/c1-10-8-23(18(24)25-10)9-14-5-13(7-22-11(14)2)12-3-4-15(19)16(6-12)26-17(20)21/h3-7,10,17H,8-9H2,1-2H3. The quantitative estimate of drug-likeness (QED) is 0.798. The topological polar surface area (TPSA) is 51.7 Å². The number of cyclic esters (lactones) is 1. The van der Waals surface area contributed by atoms with Gasteiger partial charge in [0.25, 0.3) is 0 Å². The first-order valence-electron chi connectivity index (χ1n) is 7.99. The van der Waals surface area contributed by atoms with Crippen LogP contribution in [0.4, 0.5) is 18.0 Å². The molecule has 0 N–H and O–H groups in total. The first-order chi connectivity index (χ1) is 12.3. The van der Waals surface area contributed by atoms with Crippen LogP contribution in [0, 0.1) is 12.7 Å². The maximum absolute atomic E-state index is 13.6. The van der Waals surface area contributed by atoms with E-state index in [9.17, 15) is 18.0 Å². The number of pyridine rings is 1. The molecule has 2 heterocycles. The van der Waals surface area contributed by atoms with Crippen LogP contribution < -0.4 is 4.74 Å². The summed E-state index contributed by atoms with van der Waals surface area (Å²) in [5.41, 5.74) is 2.60. The maximum Gasteiger partial charge on any atom is 0.410 e. The third-order valence-corrected chi connectivity index (χ3v) is 4.07. The second-order valence-corrected chi connectivity index (χ2v) is 6.07. The van der Waals surface area contributed by atoms with Crippen molar-refractivity contribution in [2.75, 3.05) is 6.54 Å². The highest BCUT2D eigenvalue weighted by atomic mass is 19.3. The van der Waals surface area contributed by atoms with Crippen molar-refractivity contribution in [3.8, 4) is 16.9 Å². The van der Waals surface area contributed by atoms with E-state index in [2.05, 4.69) is 9.72 Å². The van der Waals surface area contributed by atoms with E-state index >= 15 is 0 Å². The molecule has 0 saturated carbocycles. The normalized spacial score (nSPS) is 16.9. The molecule has 0 spiro atoms. The van der Waals surface area contributed by atoms with Gasteiger partial charge in [0.15, 0.2) is 11.6 Å². The van der Waals surface area contributed by atoms with Gasteiger partial charge in [-0.15, -0.1) is 0 Å². The molecule has 1 fully saturated rings. The molecule has 26 heavy (non-hydrogen) atoms. The van der Waals surface area contributed by atoms with Crippen molar-refractivity contribution in [1.29, 1.82) is 0 Å². The zero-order chi connectivity index (χ0) is 18.8. The number of aromatic nitrogens is 1. The second kappa shape index (κ2) is 7.23. The van der Waals surface area contributed by atoms with Gasteiger partial charge in [-0.25, -0.2) is 9.18 Å². The van der Waals surface area contributed by atoms with E-state index in [1.54, 1.807) is 24.1 Å². The van der Waals surface area contributed by atoms with Crippen LogP contribution in [0.25, 0.3) is 11.1 Å². The first-order valence-corrected chi connectivity index (χ1v) is 7.99. The maximum atomic E-state index is 13.6. The summed E-state index contributed by atoms with van der Waals surface area (Å²) in [6, 6.07) is 5.50. The molecule has 1 aromatic carbocycles. The van der Waals surface area contributed by atoms with Crippen molar-refractivity contribution < 1.29 is 27.4 Å². The van der Waals surface area contributed by atoms with Crippen LogP contribution in [0.2, 0.25) is 0 Å². The number of benzene rings is 1. The zero-order valence-electron chi connectivity index (χ0n) is 14.2. The summed E-state index contributed by atoms with van der Waals surface area (Å²) in [4.78, 5) is 17.7. The van der Waals surface area contributed by atoms with Gasteiger partial charge >= 0.3 is 12.7 Å². The van der Waals surface area contributed by atoms with Crippen LogP contribution in [-0.2, 0) is 11.3 Å². The molecule has 0 bridgehead atoms. The van der Waals surface area contributed by atoms with E-state index in [0.717, 1.165) is 17.3 Å².